The van der Waals surface area contributed by atoms with Crippen molar-refractivity contribution in [1.82, 2.24) is 9.13 Å². The molecule has 0 N–H and O–H groups in total. The molecule has 192 valence electrons. The van der Waals surface area contributed by atoms with Gasteiger partial charge in [-0.15, -0.1) is 11.3 Å². The third-order valence-electron chi connectivity index (χ3n) is 8.60. The van der Waals surface area contributed by atoms with Gasteiger partial charge < -0.3 is 9.13 Å². The molecule has 0 amide bonds. The van der Waals surface area contributed by atoms with Gasteiger partial charge in [-0.25, -0.2) is 0 Å². The highest BCUT2D eigenvalue weighted by atomic mass is 32.1. The van der Waals surface area contributed by atoms with Crippen LogP contribution in [0.1, 0.15) is 23.2 Å². The third-order valence-corrected chi connectivity index (χ3v) is 9.75. The van der Waals surface area contributed by atoms with Gasteiger partial charge in [-0.3, -0.25) is 0 Å². The molecule has 0 saturated carbocycles. The number of fused-ring (bicyclic) bond motifs is 9. The van der Waals surface area contributed by atoms with Crippen molar-refractivity contribution in [3.8, 4) is 17.4 Å². The number of nitriles is 1. The van der Waals surface area contributed by atoms with Gasteiger partial charge in [-0.2, -0.15) is 5.26 Å². The Kier molecular flexibility index (Phi) is 4.67. The van der Waals surface area contributed by atoms with E-state index >= 15 is 0 Å². The SMILES string of the molecule is N#Cc1ccc2c(c1)c1ccccc1n2-c1ccc2sc3ccc(-n4c5c(c6ccccc64)C=CCC5)cc3c2c1. The Balaban J connectivity index is 1.30. The van der Waals surface area contributed by atoms with Crippen molar-refractivity contribution >= 4 is 70.3 Å². The zero-order valence-electron chi connectivity index (χ0n) is 22.1. The van der Waals surface area contributed by atoms with E-state index in [9.17, 15) is 5.26 Å². The first kappa shape index (κ1) is 22.7. The fraction of sp³-hybridized carbons (Fsp3) is 0.0541. The average Bonchev–Trinajstić information content (AvgIpc) is 3.67. The monoisotopic (exact) mass is 541 g/mol. The smallest absolute Gasteiger partial charge is 0.0991 e. The Hall–Kier alpha value is -5.11. The molecule has 1 aliphatic carbocycles. The Labute approximate surface area is 240 Å². The van der Waals surface area contributed by atoms with Crippen LogP contribution in [0.3, 0.4) is 0 Å². The van der Waals surface area contributed by atoms with Crippen molar-refractivity contribution in [2.75, 3.05) is 0 Å². The van der Waals surface area contributed by atoms with Crippen LogP contribution >= 0.6 is 11.3 Å². The van der Waals surface area contributed by atoms with Gasteiger partial charge >= 0.3 is 0 Å². The zero-order chi connectivity index (χ0) is 27.1. The number of nitrogens with zero attached hydrogens (tertiary/aromatic N) is 3. The minimum absolute atomic E-state index is 0.683. The van der Waals surface area contributed by atoms with Crippen LogP contribution in [0.4, 0.5) is 0 Å². The summed E-state index contributed by atoms with van der Waals surface area (Å²) in [6, 6.07) is 39.4. The molecule has 0 radical (unpaired) electrons. The summed E-state index contributed by atoms with van der Waals surface area (Å²) in [6.45, 7) is 0. The van der Waals surface area contributed by atoms with Crippen molar-refractivity contribution in [3.63, 3.8) is 0 Å². The number of aromatic nitrogens is 2. The van der Waals surface area contributed by atoms with Crippen molar-refractivity contribution in [3.05, 3.63) is 126 Å². The van der Waals surface area contributed by atoms with Crippen LogP contribution in [0.25, 0.3) is 70.3 Å². The fourth-order valence-electron chi connectivity index (χ4n) is 6.82. The normalized spacial score (nSPS) is 13.0. The average molecular weight is 542 g/mol. The van der Waals surface area contributed by atoms with Gasteiger partial charge in [0.1, 0.15) is 0 Å². The quantitative estimate of drug-likeness (QED) is 0.214. The van der Waals surface area contributed by atoms with E-state index in [1.165, 1.54) is 48.0 Å². The molecule has 3 aromatic heterocycles. The van der Waals surface area contributed by atoms with Crippen LogP contribution in [0.2, 0.25) is 0 Å². The van der Waals surface area contributed by atoms with E-state index in [1.807, 2.05) is 23.5 Å². The van der Waals surface area contributed by atoms with E-state index in [0.717, 1.165) is 40.3 Å². The summed E-state index contributed by atoms with van der Waals surface area (Å²) in [5, 5.41) is 15.7. The maximum atomic E-state index is 9.54. The second-order valence-electron chi connectivity index (χ2n) is 10.8. The molecular formula is C37H23N3S. The molecule has 8 aromatic rings. The molecule has 3 heterocycles. The first-order valence-electron chi connectivity index (χ1n) is 14.0. The van der Waals surface area contributed by atoms with E-state index in [4.69, 9.17) is 0 Å². The first-order valence-corrected chi connectivity index (χ1v) is 14.8. The van der Waals surface area contributed by atoms with Gasteiger partial charge in [0, 0.05) is 59.0 Å². The Morgan fingerprint density at radius 2 is 1.27 bits per heavy atom. The van der Waals surface area contributed by atoms with Crippen molar-refractivity contribution in [2.45, 2.75) is 12.8 Å². The van der Waals surface area contributed by atoms with Gasteiger partial charge in [-0.05, 0) is 79.6 Å². The molecule has 0 spiro atoms. The fourth-order valence-corrected chi connectivity index (χ4v) is 7.89. The summed E-state index contributed by atoms with van der Waals surface area (Å²) in [5.74, 6) is 0. The second-order valence-corrected chi connectivity index (χ2v) is 11.9. The van der Waals surface area contributed by atoms with Gasteiger partial charge in [0.2, 0.25) is 0 Å². The predicted molar refractivity (Wildman–Crippen MR) is 173 cm³/mol. The summed E-state index contributed by atoms with van der Waals surface area (Å²) in [4.78, 5) is 0. The summed E-state index contributed by atoms with van der Waals surface area (Å²) >= 11 is 1.85. The maximum Gasteiger partial charge on any atom is 0.0991 e. The highest BCUT2D eigenvalue weighted by molar-refractivity contribution is 7.25. The van der Waals surface area contributed by atoms with Gasteiger partial charge in [0.25, 0.3) is 0 Å². The molecule has 0 saturated heterocycles. The minimum atomic E-state index is 0.683. The predicted octanol–water partition coefficient (Wildman–Crippen LogP) is 9.93. The van der Waals surface area contributed by atoms with Gasteiger partial charge in [0.15, 0.2) is 0 Å². The highest BCUT2D eigenvalue weighted by Gasteiger charge is 2.19. The summed E-state index contributed by atoms with van der Waals surface area (Å²) in [5.41, 5.74) is 9.32. The van der Waals surface area contributed by atoms with Crippen LogP contribution in [-0.4, -0.2) is 9.13 Å². The standard InChI is InChI=1S/C37H23N3S/c38-22-23-13-16-35-29(19-23)28-9-3-6-12-34(28)40(35)25-15-18-37-31(21-25)30-20-24(14-17-36(30)41-37)39-32-10-4-1-7-26(32)27-8-2-5-11-33(27)39/h1-4,6-10,12-21H,5,11H2. The van der Waals surface area contributed by atoms with Crippen molar-refractivity contribution < 1.29 is 0 Å². The van der Waals surface area contributed by atoms with Crippen molar-refractivity contribution in [1.29, 1.82) is 5.26 Å². The van der Waals surface area contributed by atoms with E-state index in [0.29, 0.717) is 5.56 Å². The minimum Gasteiger partial charge on any atom is -0.313 e. The lowest BCUT2D eigenvalue weighted by Gasteiger charge is -2.13. The van der Waals surface area contributed by atoms with Crippen LogP contribution in [0.15, 0.2) is 109 Å². The van der Waals surface area contributed by atoms with Gasteiger partial charge in [-0.1, -0.05) is 48.6 Å². The van der Waals surface area contributed by atoms with Gasteiger partial charge in [0.05, 0.1) is 28.2 Å². The lowest BCUT2D eigenvalue weighted by atomic mass is 10.0. The number of allylic oxidation sites excluding steroid dienone is 1. The molecule has 3 nitrogen and oxygen atoms in total. The molecule has 0 atom stereocenters. The largest absolute Gasteiger partial charge is 0.313 e. The van der Waals surface area contributed by atoms with E-state index in [2.05, 4.69) is 118 Å². The topological polar surface area (TPSA) is 33.6 Å². The summed E-state index contributed by atoms with van der Waals surface area (Å²) in [7, 11) is 0. The Morgan fingerprint density at radius 3 is 2.02 bits per heavy atom. The second kappa shape index (κ2) is 8.44. The number of rotatable bonds is 2. The molecular weight excluding hydrogens is 518 g/mol. The van der Waals surface area contributed by atoms with E-state index in [1.54, 1.807) is 0 Å². The molecule has 4 heteroatoms. The molecule has 9 rings (SSSR count). The number of hydrogen-bond acceptors (Lipinski definition) is 2. The Bertz CT molecular complexity index is 2440. The lowest BCUT2D eigenvalue weighted by molar-refractivity contribution is 0.889. The van der Waals surface area contributed by atoms with E-state index in [-0.39, 0.29) is 0 Å². The number of hydrogen-bond donors (Lipinski definition) is 0. The molecule has 1 aliphatic rings. The molecule has 0 fully saturated rings. The van der Waals surface area contributed by atoms with Crippen LogP contribution in [-0.2, 0) is 6.42 Å². The van der Waals surface area contributed by atoms with Crippen LogP contribution < -0.4 is 0 Å². The summed E-state index contributed by atoms with van der Waals surface area (Å²) < 4.78 is 7.39. The van der Waals surface area contributed by atoms with Crippen LogP contribution in [0, 0.1) is 11.3 Å². The molecule has 0 unspecified atom stereocenters. The molecule has 41 heavy (non-hydrogen) atoms. The molecule has 0 bridgehead atoms. The maximum absolute atomic E-state index is 9.54. The number of thiophene rings is 1. The lowest BCUT2D eigenvalue weighted by Crippen LogP contribution is -2.02. The highest BCUT2D eigenvalue weighted by Crippen LogP contribution is 2.40. The van der Waals surface area contributed by atoms with Crippen LogP contribution in [0.5, 0.6) is 0 Å². The zero-order valence-corrected chi connectivity index (χ0v) is 23.0. The number of para-hydroxylation sites is 2. The number of benzene rings is 5. The molecule has 0 aliphatic heterocycles. The molecule has 5 aromatic carbocycles. The first-order chi connectivity index (χ1) is 20.3. The third kappa shape index (κ3) is 3.18. The Morgan fingerprint density at radius 1 is 0.610 bits per heavy atom. The van der Waals surface area contributed by atoms with Crippen molar-refractivity contribution in [2.24, 2.45) is 0 Å². The van der Waals surface area contributed by atoms with E-state index < -0.39 is 0 Å². The summed E-state index contributed by atoms with van der Waals surface area (Å²) in [6.07, 6.45) is 6.72.